The highest BCUT2D eigenvalue weighted by molar-refractivity contribution is 5.75. The summed E-state index contributed by atoms with van der Waals surface area (Å²) in [5.74, 6) is 0.936. The van der Waals surface area contributed by atoms with Crippen LogP contribution in [0.4, 0.5) is 0 Å². The summed E-state index contributed by atoms with van der Waals surface area (Å²) in [6.45, 7) is 5.27. The fourth-order valence-electron chi connectivity index (χ4n) is 1.33. The van der Waals surface area contributed by atoms with E-state index >= 15 is 0 Å². The minimum absolute atomic E-state index is 0.201. The molecule has 0 saturated heterocycles. The van der Waals surface area contributed by atoms with Crippen molar-refractivity contribution < 1.29 is 14.6 Å². The van der Waals surface area contributed by atoms with Crippen LogP contribution >= 0.6 is 0 Å². The Balaban J connectivity index is 2.47. The molecule has 0 aliphatic carbocycles. The van der Waals surface area contributed by atoms with Crippen LogP contribution in [0.2, 0.25) is 0 Å². The first-order chi connectivity index (χ1) is 7.87. The molecule has 0 bridgehead atoms. The van der Waals surface area contributed by atoms with Crippen LogP contribution in [0.1, 0.15) is 32.8 Å². The summed E-state index contributed by atoms with van der Waals surface area (Å²) >= 11 is 0. The fourth-order valence-corrected chi connectivity index (χ4v) is 1.33. The average Bonchev–Trinajstić information content (AvgIpc) is 2.24. The molecule has 1 aromatic rings. The molecule has 1 N–H and O–H groups in total. The van der Waals surface area contributed by atoms with Gasteiger partial charge in [-0.1, -0.05) is 12.1 Å². The lowest BCUT2D eigenvalue weighted by atomic mass is 10.1. The van der Waals surface area contributed by atoms with Crippen molar-refractivity contribution in [2.75, 3.05) is 6.61 Å². The lowest BCUT2D eigenvalue weighted by molar-refractivity contribution is -0.116. The van der Waals surface area contributed by atoms with E-state index in [4.69, 9.17) is 4.74 Å². The Kier molecular flexibility index (Phi) is 4.70. The van der Waals surface area contributed by atoms with Crippen LogP contribution in [0.25, 0.3) is 0 Å². The number of carbonyl (C=O) groups is 1. The van der Waals surface area contributed by atoms with Gasteiger partial charge in [-0.25, -0.2) is 0 Å². The van der Waals surface area contributed by atoms with Crippen molar-refractivity contribution in [1.29, 1.82) is 0 Å². The van der Waals surface area contributed by atoms with E-state index in [0.717, 1.165) is 17.7 Å². The summed E-state index contributed by atoms with van der Waals surface area (Å²) in [4.78, 5) is 10.8. The molecule has 1 rings (SSSR count). The molecule has 0 saturated carbocycles. The van der Waals surface area contributed by atoms with Gasteiger partial charge in [-0.2, -0.15) is 0 Å². The largest absolute Gasteiger partial charge is 0.491 e. The molecule has 0 unspecified atom stereocenters. The minimum atomic E-state index is -0.826. The van der Waals surface area contributed by atoms with Gasteiger partial charge >= 0.3 is 0 Å². The van der Waals surface area contributed by atoms with Gasteiger partial charge in [0.15, 0.2) is 0 Å². The third-order valence-corrected chi connectivity index (χ3v) is 2.28. The number of Topliss-reactive ketones (excluding diaryl/α,β-unsaturated/α-hetero) is 1. The quantitative estimate of drug-likeness (QED) is 0.824. The van der Waals surface area contributed by atoms with Crippen LogP contribution < -0.4 is 4.74 Å². The first-order valence-electron chi connectivity index (χ1n) is 5.80. The molecule has 0 radical (unpaired) electrons. The van der Waals surface area contributed by atoms with Gasteiger partial charge in [0.25, 0.3) is 0 Å². The lowest BCUT2D eigenvalue weighted by Crippen LogP contribution is -2.27. The van der Waals surface area contributed by atoms with Crippen LogP contribution in [0.3, 0.4) is 0 Å². The van der Waals surface area contributed by atoms with Crippen molar-refractivity contribution in [3.8, 4) is 5.75 Å². The van der Waals surface area contributed by atoms with E-state index in [1.54, 1.807) is 20.8 Å². The predicted molar refractivity (Wildman–Crippen MR) is 67.2 cm³/mol. The Morgan fingerprint density at radius 2 is 1.88 bits per heavy atom. The van der Waals surface area contributed by atoms with Gasteiger partial charge in [0, 0.05) is 6.42 Å². The summed E-state index contributed by atoms with van der Waals surface area (Å²) in [6, 6.07) is 7.62. The number of rotatable bonds is 6. The number of ketones is 1. The molecular weight excluding hydrogens is 216 g/mol. The molecule has 0 spiro atoms. The van der Waals surface area contributed by atoms with Gasteiger partial charge < -0.3 is 14.6 Å². The number of hydrogen-bond donors (Lipinski definition) is 1. The molecule has 3 nitrogen and oxygen atoms in total. The molecule has 94 valence electrons. The highest BCUT2D eigenvalue weighted by atomic mass is 16.5. The summed E-state index contributed by atoms with van der Waals surface area (Å²) in [7, 11) is 0. The third kappa shape index (κ3) is 6.07. The third-order valence-electron chi connectivity index (χ3n) is 2.28. The maximum atomic E-state index is 10.8. The van der Waals surface area contributed by atoms with Gasteiger partial charge in [0.1, 0.15) is 18.1 Å². The van der Waals surface area contributed by atoms with Crippen LogP contribution in [0, 0.1) is 0 Å². The Morgan fingerprint density at radius 1 is 1.29 bits per heavy atom. The topological polar surface area (TPSA) is 46.5 Å². The second-order valence-electron chi connectivity index (χ2n) is 4.95. The van der Waals surface area contributed by atoms with Crippen LogP contribution in [0.5, 0.6) is 5.75 Å². The number of aliphatic hydroxyl groups is 1. The van der Waals surface area contributed by atoms with E-state index in [0.29, 0.717) is 6.42 Å². The number of carbonyl (C=O) groups excluding carboxylic acids is 1. The van der Waals surface area contributed by atoms with Crippen molar-refractivity contribution in [2.45, 2.75) is 39.2 Å². The second-order valence-corrected chi connectivity index (χ2v) is 4.95. The molecule has 1 aromatic carbocycles. The van der Waals surface area contributed by atoms with E-state index in [9.17, 15) is 9.90 Å². The van der Waals surface area contributed by atoms with Crippen LogP contribution in [-0.4, -0.2) is 23.1 Å². The second kappa shape index (κ2) is 5.82. The van der Waals surface area contributed by atoms with Crippen molar-refractivity contribution in [2.24, 2.45) is 0 Å². The maximum absolute atomic E-state index is 10.8. The summed E-state index contributed by atoms with van der Waals surface area (Å²) in [5, 5.41) is 9.52. The van der Waals surface area contributed by atoms with Crippen molar-refractivity contribution in [3.63, 3.8) is 0 Å². The van der Waals surface area contributed by atoms with Gasteiger partial charge in [-0.3, -0.25) is 0 Å². The van der Waals surface area contributed by atoms with E-state index in [1.165, 1.54) is 0 Å². The van der Waals surface area contributed by atoms with E-state index in [-0.39, 0.29) is 12.4 Å². The zero-order valence-corrected chi connectivity index (χ0v) is 10.7. The first-order valence-corrected chi connectivity index (χ1v) is 5.80. The van der Waals surface area contributed by atoms with Crippen LogP contribution in [0.15, 0.2) is 24.3 Å². The molecule has 17 heavy (non-hydrogen) atoms. The molecule has 0 fully saturated rings. The zero-order valence-electron chi connectivity index (χ0n) is 10.7. The Bertz CT molecular complexity index is 360. The van der Waals surface area contributed by atoms with Crippen LogP contribution in [-0.2, 0) is 11.2 Å². The standard InChI is InChI=1S/C14H20O3/c1-11(15)4-5-12-6-8-13(9-7-12)17-10-14(2,3)16/h6-9,16H,4-5,10H2,1-3H3. The molecule has 3 heteroatoms. The van der Waals surface area contributed by atoms with Gasteiger partial charge in [-0.05, 0) is 44.9 Å². The van der Waals surface area contributed by atoms with Gasteiger partial charge in [-0.15, -0.1) is 0 Å². The number of ether oxygens (including phenoxy) is 1. The summed E-state index contributed by atoms with van der Waals surface area (Å²) < 4.78 is 5.43. The average molecular weight is 236 g/mol. The normalized spacial score (nSPS) is 11.3. The zero-order chi connectivity index (χ0) is 12.9. The predicted octanol–water partition coefficient (Wildman–Crippen LogP) is 2.36. The number of aryl methyl sites for hydroxylation is 1. The Labute approximate surface area is 102 Å². The molecule has 0 atom stereocenters. The monoisotopic (exact) mass is 236 g/mol. The Morgan fingerprint density at radius 3 is 2.35 bits per heavy atom. The molecule has 0 aliphatic rings. The minimum Gasteiger partial charge on any atom is -0.491 e. The molecule has 0 amide bonds. The first kappa shape index (κ1) is 13.7. The fraction of sp³-hybridized carbons (Fsp3) is 0.500. The van der Waals surface area contributed by atoms with Gasteiger partial charge in [0.05, 0.1) is 5.60 Å². The van der Waals surface area contributed by atoms with Crippen molar-refractivity contribution >= 4 is 5.78 Å². The van der Waals surface area contributed by atoms with Crippen molar-refractivity contribution in [3.05, 3.63) is 29.8 Å². The lowest BCUT2D eigenvalue weighted by Gasteiger charge is -2.17. The SMILES string of the molecule is CC(=O)CCc1ccc(OCC(C)(C)O)cc1. The molecular formula is C14H20O3. The smallest absolute Gasteiger partial charge is 0.130 e. The number of benzene rings is 1. The summed E-state index contributed by atoms with van der Waals surface area (Å²) in [5.41, 5.74) is 0.295. The van der Waals surface area contributed by atoms with E-state index in [2.05, 4.69) is 0 Å². The molecule has 0 aromatic heterocycles. The Hall–Kier alpha value is -1.35. The van der Waals surface area contributed by atoms with E-state index in [1.807, 2.05) is 24.3 Å². The highest BCUT2D eigenvalue weighted by Crippen LogP contribution is 2.15. The van der Waals surface area contributed by atoms with Gasteiger partial charge in [0.2, 0.25) is 0 Å². The highest BCUT2D eigenvalue weighted by Gasteiger charge is 2.13. The number of hydrogen-bond acceptors (Lipinski definition) is 3. The molecule has 0 heterocycles. The van der Waals surface area contributed by atoms with Crippen molar-refractivity contribution in [1.82, 2.24) is 0 Å². The molecule has 0 aliphatic heterocycles. The summed E-state index contributed by atoms with van der Waals surface area (Å²) in [6.07, 6.45) is 1.34. The maximum Gasteiger partial charge on any atom is 0.130 e. The van der Waals surface area contributed by atoms with E-state index < -0.39 is 5.60 Å².